The van der Waals surface area contributed by atoms with Crippen molar-refractivity contribution in [3.05, 3.63) is 52.4 Å². The number of carbonyl (C=O) groups is 1. The quantitative estimate of drug-likeness (QED) is 0.565. The summed E-state index contributed by atoms with van der Waals surface area (Å²) in [5, 5.41) is 29.5. The zero-order valence-corrected chi connectivity index (χ0v) is 15.1. The first kappa shape index (κ1) is 17.9. The summed E-state index contributed by atoms with van der Waals surface area (Å²) in [6.07, 6.45) is 1.63. The van der Waals surface area contributed by atoms with Gasteiger partial charge in [0.15, 0.2) is 16.7 Å². The van der Waals surface area contributed by atoms with Crippen LogP contribution in [0.5, 0.6) is 17.2 Å². The second-order valence-electron chi connectivity index (χ2n) is 5.79. The van der Waals surface area contributed by atoms with Crippen LogP contribution in [0.15, 0.2) is 46.3 Å². The van der Waals surface area contributed by atoms with Crippen LogP contribution in [0, 0.1) is 6.92 Å². The molecule has 0 aromatic heterocycles. The molecule has 6 nitrogen and oxygen atoms in total. The predicted molar refractivity (Wildman–Crippen MR) is 103 cm³/mol. The monoisotopic (exact) mass is 370 g/mol. The molecule has 2 aromatic rings. The smallest absolute Gasteiger partial charge is 0.266 e. The summed E-state index contributed by atoms with van der Waals surface area (Å²) < 4.78 is 0. The number of aliphatic imine (C=N–C) groups is 1. The van der Waals surface area contributed by atoms with Gasteiger partial charge in [-0.1, -0.05) is 12.1 Å². The lowest BCUT2D eigenvalue weighted by atomic mass is 10.2. The van der Waals surface area contributed by atoms with Gasteiger partial charge in [-0.3, -0.25) is 9.69 Å². The summed E-state index contributed by atoms with van der Waals surface area (Å²) in [6.45, 7) is 4.16. The van der Waals surface area contributed by atoms with Gasteiger partial charge in [-0.2, -0.15) is 0 Å². The van der Waals surface area contributed by atoms with Crippen molar-refractivity contribution in [2.75, 3.05) is 6.54 Å². The summed E-state index contributed by atoms with van der Waals surface area (Å²) in [6, 6.07) is 9.51. The van der Waals surface area contributed by atoms with Crippen molar-refractivity contribution in [3.63, 3.8) is 0 Å². The van der Waals surface area contributed by atoms with Crippen LogP contribution >= 0.6 is 11.8 Å². The van der Waals surface area contributed by atoms with Gasteiger partial charge >= 0.3 is 0 Å². The topological polar surface area (TPSA) is 93.4 Å². The molecular weight excluding hydrogens is 352 g/mol. The van der Waals surface area contributed by atoms with Gasteiger partial charge in [0.2, 0.25) is 0 Å². The van der Waals surface area contributed by atoms with Crippen molar-refractivity contribution in [1.29, 1.82) is 0 Å². The number of amidine groups is 1. The Balaban J connectivity index is 1.96. The molecule has 1 heterocycles. The van der Waals surface area contributed by atoms with E-state index in [9.17, 15) is 20.1 Å². The molecule has 134 valence electrons. The van der Waals surface area contributed by atoms with Crippen LogP contribution in [0.1, 0.15) is 18.1 Å². The van der Waals surface area contributed by atoms with Crippen molar-refractivity contribution in [1.82, 2.24) is 4.90 Å². The number of phenols is 3. The van der Waals surface area contributed by atoms with Crippen LogP contribution in [-0.2, 0) is 4.79 Å². The SMILES string of the molecule is CCN1C(=O)/C(=C/c2ccc(O)c(O)c2)SC1=Nc1ccc(C)cc1O. The van der Waals surface area contributed by atoms with Crippen molar-refractivity contribution >= 4 is 34.6 Å². The Morgan fingerprint density at radius 3 is 2.50 bits per heavy atom. The van der Waals surface area contributed by atoms with E-state index in [1.807, 2.05) is 19.9 Å². The molecule has 1 saturated heterocycles. The van der Waals surface area contributed by atoms with Crippen molar-refractivity contribution in [2.24, 2.45) is 4.99 Å². The fourth-order valence-electron chi connectivity index (χ4n) is 2.48. The molecule has 26 heavy (non-hydrogen) atoms. The van der Waals surface area contributed by atoms with Crippen molar-refractivity contribution in [2.45, 2.75) is 13.8 Å². The molecule has 1 fully saturated rings. The summed E-state index contributed by atoms with van der Waals surface area (Å²) >= 11 is 1.20. The minimum absolute atomic E-state index is 0.0579. The normalized spacial score (nSPS) is 17.5. The number of hydrogen-bond donors (Lipinski definition) is 3. The maximum Gasteiger partial charge on any atom is 0.266 e. The standard InChI is InChI=1S/C19H18N2O4S/c1-3-21-18(25)17(10-12-5-7-14(22)16(24)9-12)26-19(21)20-13-6-4-11(2)8-15(13)23/h4-10,22-24H,3H2,1-2H3/b17-10-,20-19?. The molecule has 0 aliphatic carbocycles. The van der Waals surface area contributed by atoms with Crippen LogP contribution in [0.3, 0.4) is 0 Å². The molecule has 3 rings (SSSR count). The van der Waals surface area contributed by atoms with Crippen LogP contribution in [0.2, 0.25) is 0 Å². The van der Waals surface area contributed by atoms with E-state index in [1.165, 1.54) is 28.8 Å². The predicted octanol–water partition coefficient (Wildman–Crippen LogP) is 3.74. The third kappa shape index (κ3) is 3.52. The number of nitrogens with zero attached hydrogens (tertiary/aromatic N) is 2. The molecule has 0 unspecified atom stereocenters. The molecular formula is C19H18N2O4S. The number of aryl methyl sites for hydroxylation is 1. The van der Waals surface area contributed by atoms with Gasteiger partial charge in [0.1, 0.15) is 11.4 Å². The number of aromatic hydroxyl groups is 3. The average molecular weight is 370 g/mol. The molecule has 2 aromatic carbocycles. The van der Waals surface area contributed by atoms with E-state index < -0.39 is 0 Å². The van der Waals surface area contributed by atoms with E-state index in [0.717, 1.165) is 5.56 Å². The fourth-order valence-corrected chi connectivity index (χ4v) is 3.54. The maximum absolute atomic E-state index is 12.6. The molecule has 1 aliphatic heterocycles. The number of amides is 1. The molecule has 3 N–H and O–H groups in total. The molecule has 0 spiro atoms. The second kappa shape index (κ2) is 7.13. The molecule has 1 amide bonds. The minimum atomic E-state index is -0.249. The number of likely N-dealkylation sites (N-methyl/N-ethyl adjacent to an activating group) is 1. The van der Waals surface area contributed by atoms with Gasteiger partial charge in [-0.05, 0) is 67.1 Å². The molecule has 0 radical (unpaired) electrons. The van der Waals surface area contributed by atoms with Crippen LogP contribution in [-0.4, -0.2) is 37.8 Å². The molecule has 0 atom stereocenters. The van der Waals surface area contributed by atoms with Crippen LogP contribution in [0.25, 0.3) is 6.08 Å². The van der Waals surface area contributed by atoms with E-state index in [0.29, 0.717) is 27.9 Å². The van der Waals surface area contributed by atoms with E-state index in [2.05, 4.69) is 4.99 Å². The van der Waals surface area contributed by atoms with Crippen LogP contribution in [0.4, 0.5) is 5.69 Å². The van der Waals surface area contributed by atoms with E-state index in [-0.39, 0.29) is 23.2 Å². The van der Waals surface area contributed by atoms with Crippen molar-refractivity contribution < 1.29 is 20.1 Å². The first-order valence-corrected chi connectivity index (χ1v) is 8.82. The van der Waals surface area contributed by atoms with Gasteiger partial charge in [0, 0.05) is 6.54 Å². The number of hydrogen-bond acceptors (Lipinski definition) is 6. The van der Waals surface area contributed by atoms with Gasteiger partial charge in [-0.15, -0.1) is 0 Å². The Hall–Kier alpha value is -2.93. The lowest BCUT2D eigenvalue weighted by molar-refractivity contribution is -0.122. The molecule has 1 aliphatic rings. The Labute approximate surface area is 155 Å². The number of benzene rings is 2. The number of thioether (sulfide) groups is 1. The highest BCUT2D eigenvalue weighted by molar-refractivity contribution is 8.18. The van der Waals surface area contributed by atoms with Crippen LogP contribution < -0.4 is 0 Å². The Bertz CT molecular complexity index is 937. The summed E-state index contributed by atoms with van der Waals surface area (Å²) in [5.74, 6) is -0.608. The maximum atomic E-state index is 12.6. The number of phenolic OH excluding ortho intramolecular Hbond substituents is 3. The van der Waals surface area contributed by atoms with Gasteiger partial charge in [0.05, 0.1) is 4.91 Å². The Morgan fingerprint density at radius 1 is 1.08 bits per heavy atom. The largest absolute Gasteiger partial charge is 0.506 e. The van der Waals surface area contributed by atoms with Gasteiger partial charge in [0.25, 0.3) is 5.91 Å². The highest BCUT2D eigenvalue weighted by Gasteiger charge is 2.32. The first-order chi connectivity index (χ1) is 12.4. The third-order valence-corrected chi connectivity index (χ3v) is 4.86. The van der Waals surface area contributed by atoms with E-state index in [1.54, 1.807) is 24.3 Å². The van der Waals surface area contributed by atoms with E-state index >= 15 is 0 Å². The highest BCUT2D eigenvalue weighted by Crippen LogP contribution is 2.37. The second-order valence-corrected chi connectivity index (χ2v) is 6.80. The zero-order valence-electron chi connectivity index (χ0n) is 14.3. The van der Waals surface area contributed by atoms with Gasteiger partial charge < -0.3 is 15.3 Å². The zero-order chi connectivity index (χ0) is 18.8. The Kier molecular flexibility index (Phi) is 4.90. The molecule has 0 bridgehead atoms. The van der Waals surface area contributed by atoms with Crippen molar-refractivity contribution in [3.8, 4) is 17.2 Å². The summed E-state index contributed by atoms with van der Waals surface area (Å²) in [5.41, 5.74) is 1.90. The number of rotatable bonds is 3. The molecule has 0 saturated carbocycles. The lowest BCUT2D eigenvalue weighted by Crippen LogP contribution is -2.28. The Morgan fingerprint density at radius 2 is 1.85 bits per heavy atom. The summed E-state index contributed by atoms with van der Waals surface area (Å²) in [4.78, 5) is 19.0. The minimum Gasteiger partial charge on any atom is -0.506 e. The fraction of sp³-hybridized carbons (Fsp3) is 0.158. The average Bonchev–Trinajstić information content (AvgIpc) is 2.88. The first-order valence-electron chi connectivity index (χ1n) is 8.00. The van der Waals surface area contributed by atoms with Gasteiger partial charge in [-0.25, -0.2) is 4.99 Å². The third-order valence-electron chi connectivity index (χ3n) is 3.85. The summed E-state index contributed by atoms with van der Waals surface area (Å²) in [7, 11) is 0. The highest BCUT2D eigenvalue weighted by atomic mass is 32.2. The number of carbonyl (C=O) groups excluding carboxylic acids is 1. The lowest BCUT2D eigenvalue weighted by Gasteiger charge is -2.12. The van der Waals surface area contributed by atoms with E-state index in [4.69, 9.17) is 0 Å². The molecule has 7 heteroatoms.